The fourth-order valence-corrected chi connectivity index (χ4v) is 0.946. The molecule has 0 aromatic heterocycles. The van der Waals surface area contributed by atoms with Gasteiger partial charge in [0.2, 0.25) is 0 Å². The molecule has 0 heterocycles. The van der Waals surface area contributed by atoms with Crippen LogP contribution in [0.2, 0.25) is 0 Å². The van der Waals surface area contributed by atoms with Crippen molar-refractivity contribution >= 4 is 17.5 Å². The normalized spacial score (nSPS) is 12.3. The van der Waals surface area contributed by atoms with Crippen molar-refractivity contribution in [3.8, 4) is 0 Å². The van der Waals surface area contributed by atoms with Gasteiger partial charge >= 0.3 is 11.7 Å². The van der Waals surface area contributed by atoms with Gasteiger partial charge in [0, 0.05) is 5.92 Å². The third kappa shape index (κ3) is 4.74. The van der Waals surface area contributed by atoms with E-state index in [1.807, 2.05) is 0 Å². The van der Waals surface area contributed by atoms with Gasteiger partial charge in [0.05, 0.1) is 0 Å². The van der Waals surface area contributed by atoms with Crippen molar-refractivity contribution in [3.63, 3.8) is 0 Å². The molecule has 0 aliphatic carbocycles. The van der Waals surface area contributed by atoms with Crippen LogP contribution in [0.1, 0.15) is 34.6 Å². The fraction of sp³-hybridized carbons (Fsp3) is 0.583. The Kier molecular flexibility index (Phi) is 4.98. The third-order valence-corrected chi connectivity index (χ3v) is 2.06. The topological polar surface area (TPSA) is 79.8 Å². The van der Waals surface area contributed by atoms with Crippen molar-refractivity contribution < 1.29 is 19.1 Å². The molecule has 94 valence electrons. The van der Waals surface area contributed by atoms with E-state index in [1.54, 1.807) is 34.6 Å². The number of nitrogens with zero attached hydrogens (tertiary/aromatic N) is 2. The summed E-state index contributed by atoms with van der Waals surface area (Å²) in [6, 6.07) is 0. The van der Waals surface area contributed by atoms with Crippen LogP contribution >= 0.6 is 0 Å². The number of ether oxygens (including phenoxy) is 1. The van der Waals surface area contributed by atoms with Gasteiger partial charge in [0.1, 0.15) is 5.60 Å². The minimum absolute atomic E-state index is 0.583. The molecule has 0 aromatic rings. The van der Waals surface area contributed by atoms with Gasteiger partial charge in [-0.1, -0.05) is 19.1 Å². The quantitative estimate of drug-likeness (QED) is 0.187. The molecule has 0 aliphatic rings. The highest BCUT2D eigenvalue weighted by Gasteiger charge is 2.37. The van der Waals surface area contributed by atoms with Crippen molar-refractivity contribution in [2.45, 2.75) is 40.2 Å². The summed E-state index contributed by atoms with van der Waals surface area (Å²) in [6.45, 7) is 11.8. The second-order valence-electron chi connectivity index (χ2n) is 4.88. The number of carbonyl (C=O) groups excluding carboxylic acids is 2. The standard InChI is InChI=1S/C12H18N2O3/c1-7(2)8(3)10(15)9(14-13)11(16)17-12(4,5)6/h8H,1H2,2-6H3. The number of Topliss-reactive ketones (excluding diaryl/α,β-unsaturated/α-hetero) is 1. The first kappa shape index (κ1) is 15.3. The number of carbonyl (C=O) groups is 2. The summed E-state index contributed by atoms with van der Waals surface area (Å²) in [5, 5.41) is 0. The number of ketones is 1. The third-order valence-electron chi connectivity index (χ3n) is 2.06. The highest BCUT2D eigenvalue weighted by molar-refractivity contribution is 6.62. The molecule has 0 saturated carbocycles. The highest BCUT2D eigenvalue weighted by atomic mass is 16.6. The largest absolute Gasteiger partial charge is 0.451 e. The van der Waals surface area contributed by atoms with Crippen LogP contribution in [0, 0.1) is 5.92 Å². The molecule has 5 nitrogen and oxygen atoms in total. The lowest BCUT2D eigenvalue weighted by molar-refractivity contribution is -0.152. The van der Waals surface area contributed by atoms with Crippen LogP contribution in [0.3, 0.4) is 0 Å². The minimum atomic E-state index is -0.932. The van der Waals surface area contributed by atoms with Gasteiger partial charge in [0.15, 0.2) is 0 Å². The Bertz CT molecular complexity index is 398. The summed E-state index contributed by atoms with van der Waals surface area (Å²) in [4.78, 5) is 26.1. The summed E-state index contributed by atoms with van der Waals surface area (Å²) in [5.74, 6) is -2.12. The lowest BCUT2D eigenvalue weighted by Gasteiger charge is -2.17. The number of allylic oxidation sites excluding steroid dienone is 1. The lowest BCUT2D eigenvalue weighted by atomic mass is 9.96. The second kappa shape index (κ2) is 5.55. The van der Waals surface area contributed by atoms with Crippen LogP contribution in [-0.4, -0.2) is 27.9 Å². The monoisotopic (exact) mass is 238 g/mol. The first-order chi connectivity index (χ1) is 7.60. The molecule has 0 aliphatic heterocycles. The van der Waals surface area contributed by atoms with E-state index < -0.39 is 29.0 Å². The molecule has 0 aromatic carbocycles. The van der Waals surface area contributed by atoms with Gasteiger partial charge in [-0.05, 0) is 27.7 Å². The zero-order valence-electron chi connectivity index (χ0n) is 10.9. The molecular weight excluding hydrogens is 220 g/mol. The van der Waals surface area contributed by atoms with E-state index in [4.69, 9.17) is 10.3 Å². The van der Waals surface area contributed by atoms with Crippen molar-refractivity contribution in [1.29, 1.82) is 0 Å². The van der Waals surface area contributed by atoms with Gasteiger partial charge in [-0.2, -0.15) is 4.79 Å². The summed E-state index contributed by atoms with van der Waals surface area (Å²) < 4.78 is 4.96. The zero-order valence-corrected chi connectivity index (χ0v) is 10.9. The number of rotatable bonds is 4. The Labute approximate surface area is 101 Å². The SMILES string of the molecule is C=C(C)C(C)C(=O)C(=[N+]=[N-])C(=O)OC(C)(C)C. The van der Waals surface area contributed by atoms with Gasteiger partial charge in [-0.15, -0.1) is 0 Å². The molecule has 1 unspecified atom stereocenters. The smallest absolute Gasteiger partial charge is 0.442 e. The van der Waals surface area contributed by atoms with Crippen LogP contribution in [0.5, 0.6) is 0 Å². The molecule has 0 rings (SSSR count). The first-order valence-electron chi connectivity index (χ1n) is 5.25. The molecule has 0 N–H and O–H groups in total. The zero-order chi connectivity index (χ0) is 13.8. The minimum Gasteiger partial charge on any atom is -0.451 e. The molecule has 5 heteroatoms. The molecule has 0 bridgehead atoms. The lowest BCUT2D eigenvalue weighted by Crippen LogP contribution is -2.36. The maximum absolute atomic E-state index is 11.8. The average molecular weight is 238 g/mol. The van der Waals surface area contributed by atoms with Gasteiger partial charge in [-0.3, -0.25) is 4.79 Å². The van der Waals surface area contributed by atoms with E-state index in [1.165, 1.54) is 0 Å². The predicted octanol–water partition coefficient (Wildman–Crippen LogP) is 1.78. The molecule has 0 spiro atoms. The molecule has 0 radical (unpaired) electrons. The van der Waals surface area contributed by atoms with Gasteiger partial charge in [0.25, 0.3) is 5.78 Å². The molecule has 0 fully saturated rings. The van der Waals surface area contributed by atoms with Crippen molar-refractivity contribution in [2.24, 2.45) is 5.92 Å². The number of esters is 1. The van der Waals surface area contributed by atoms with E-state index in [0.29, 0.717) is 5.57 Å². The van der Waals surface area contributed by atoms with Crippen LogP contribution in [0.4, 0.5) is 0 Å². The first-order valence-corrected chi connectivity index (χ1v) is 5.25. The Hall–Kier alpha value is -1.74. The van der Waals surface area contributed by atoms with E-state index in [-0.39, 0.29) is 0 Å². The molecule has 17 heavy (non-hydrogen) atoms. The molecule has 0 amide bonds. The number of hydrogen-bond acceptors (Lipinski definition) is 3. The van der Waals surface area contributed by atoms with Crippen LogP contribution in [0.25, 0.3) is 5.53 Å². The molecule has 1 atom stereocenters. The molecular formula is C12H18N2O3. The Morgan fingerprint density at radius 2 is 1.82 bits per heavy atom. The predicted molar refractivity (Wildman–Crippen MR) is 63.5 cm³/mol. The Balaban J connectivity index is 5.01. The van der Waals surface area contributed by atoms with Gasteiger partial charge in [-0.25, -0.2) is 4.79 Å². The number of hydrogen-bond donors (Lipinski definition) is 0. The maximum Gasteiger partial charge on any atom is 0.442 e. The fourth-order valence-electron chi connectivity index (χ4n) is 0.946. The van der Waals surface area contributed by atoms with E-state index in [0.717, 1.165) is 0 Å². The van der Waals surface area contributed by atoms with Crippen molar-refractivity contribution in [2.75, 3.05) is 0 Å². The van der Waals surface area contributed by atoms with Gasteiger partial charge < -0.3 is 10.3 Å². The second-order valence-corrected chi connectivity index (χ2v) is 4.88. The van der Waals surface area contributed by atoms with E-state index in [2.05, 4.69) is 11.4 Å². The Morgan fingerprint density at radius 1 is 1.35 bits per heavy atom. The highest BCUT2D eigenvalue weighted by Crippen LogP contribution is 2.12. The summed E-state index contributed by atoms with van der Waals surface area (Å²) in [5.41, 5.74) is 7.96. The average Bonchev–Trinajstić information content (AvgIpc) is 2.14. The summed E-state index contributed by atoms with van der Waals surface area (Å²) >= 11 is 0. The Morgan fingerprint density at radius 3 is 2.12 bits per heavy atom. The van der Waals surface area contributed by atoms with E-state index in [9.17, 15) is 9.59 Å². The summed E-state index contributed by atoms with van der Waals surface area (Å²) in [7, 11) is 0. The van der Waals surface area contributed by atoms with Crippen LogP contribution < -0.4 is 0 Å². The van der Waals surface area contributed by atoms with Crippen LogP contribution in [-0.2, 0) is 14.3 Å². The van der Waals surface area contributed by atoms with Crippen molar-refractivity contribution in [1.82, 2.24) is 0 Å². The summed E-state index contributed by atoms with van der Waals surface area (Å²) in [6.07, 6.45) is 0. The maximum atomic E-state index is 11.8. The molecule has 0 saturated heterocycles. The van der Waals surface area contributed by atoms with Crippen LogP contribution in [0.15, 0.2) is 12.2 Å². The van der Waals surface area contributed by atoms with Crippen molar-refractivity contribution in [3.05, 3.63) is 17.7 Å². The van der Waals surface area contributed by atoms with E-state index >= 15 is 0 Å².